The molecule has 25 heavy (non-hydrogen) atoms. The summed E-state index contributed by atoms with van der Waals surface area (Å²) in [5.41, 5.74) is -0.224. The van der Waals surface area contributed by atoms with E-state index in [-0.39, 0.29) is 27.9 Å². The minimum Gasteiger partial charge on any atom is -0.358 e. The zero-order valence-electron chi connectivity index (χ0n) is 12.4. The second kappa shape index (κ2) is 6.10. The molecule has 1 N–H and O–H groups in total. The number of nitrogens with one attached hydrogen (secondary N) is 1. The van der Waals surface area contributed by atoms with E-state index < -0.39 is 23.9 Å². The lowest BCUT2D eigenvalue weighted by atomic mass is 10.1. The predicted octanol–water partition coefficient (Wildman–Crippen LogP) is 4.09. The van der Waals surface area contributed by atoms with Gasteiger partial charge in [-0.3, -0.25) is 0 Å². The van der Waals surface area contributed by atoms with Crippen LogP contribution in [0.3, 0.4) is 0 Å². The summed E-state index contributed by atoms with van der Waals surface area (Å²) in [4.78, 5) is 7.66. The molecule has 0 aliphatic heterocycles. The quantitative estimate of drug-likeness (QED) is 0.552. The van der Waals surface area contributed by atoms with Crippen LogP contribution in [0.5, 0.6) is 0 Å². The molecule has 0 spiro atoms. The number of nitrogens with zero attached hydrogens (tertiary/aromatic N) is 4. The van der Waals surface area contributed by atoms with Gasteiger partial charge in [-0.2, -0.15) is 32.8 Å². The van der Waals surface area contributed by atoms with Gasteiger partial charge in [0, 0.05) is 6.07 Å². The summed E-state index contributed by atoms with van der Waals surface area (Å²) in [6.45, 7) is 0.882. The Morgan fingerprint density at radius 2 is 1.80 bits per heavy atom. The van der Waals surface area contributed by atoms with Crippen LogP contribution in [0.4, 0.5) is 27.8 Å². The van der Waals surface area contributed by atoms with Crippen LogP contribution in [0.25, 0.3) is 16.9 Å². The molecule has 0 radical (unpaired) electrons. The number of hydrogen-bond acceptors (Lipinski definition) is 4. The minimum absolute atomic E-state index is 0.0671. The fourth-order valence-electron chi connectivity index (χ4n) is 2.19. The topological polar surface area (TPSA) is 55.1 Å². The monoisotopic (exact) mass is 377 g/mol. The fourth-order valence-corrected chi connectivity index (χ4v) is 2.47. The normalized spacial score (nSPS) is 13.2. The van der Waals surface area contributed by atoms with Crippen LogP contribution < -0.4 is 5.32 Å². The molecule has 0 amide bonds. The van der Waals surface area contributed by atoms with Gasteiger partial charge in [0.15, 0.2) is 0 Å². The third-order valence-electron chi connectivity index (χ3n) is 3.38. The molecule has 0 saturated heterocycles. The van der Waals surface area contributed by atoms with Crippen molar-refractivity contribution in [3.05, 3.63) is 41.3 Å². The van der Waals surface area contributed by atoms with E-state index in [1.165, 1.54) is 0 Å². The van der Waals surface area contributed by atoms with Gasteiger partial charge in [-0.1, -0.05) is 11.6 Å². The summed E-state index contributed by atoms with van der Waals surface area (Å²) >= 11 is 6.04. The van der Waals surface area contributed by atoms with Crippen LogP contribution in [0.2, 0.25) is 5.15 Å². The van der Waals surface area contributed by atoms with E-state index in [0.717, 1.165) is 29.9 Å². The van der Waals surface area contributed by atoms with Gasteiger partial charge in [0.25, 0.3) is 5.78 Å². The van der Waals surface area contributed by atoms with Crippen molar-refractivity contribution in [1.29, 1.82) is 0 Å². The molecule has 132 valence electrons. The van der Waals surface area contributed by atoms with Crippen molar-refractivity contribution in [2.45, 2.75) is 19.1 Å². The number of aromatic nitrogens is 4. The van der Waals surface area contributed by atoms with Crippen molar-refractivity contribution in [1.82, 2.24) is 19.6 Å². The molecule has 11 heteroatoms. The highest BCUT2D eigenvalue weighted by Gasteiger charge is 2.37. The first-order valence-corrected chi connectivity index (χ1v) is 7.23. The third kappa shape index (κ3) is 3.34. The fraction of sp³-hybridized carbons (Fsp3) is 0.214. The van der Waals surface area contributed by atoms with Gasteiger partial charge in [-0.15, -0.1) is 0 Å². The van der Waals surface area contributed by atoms with Crippen LogP contribution in [0.15, 0.2) is 24.5 Å². The van der Waals surface area contributed by atoms with Crippen molar-refractivity contribution in [2.75, 3.05) is 5.32 Å². The van der Waals surface area contributed by atoms with Gasteiger partial charge in [0.2, 0.25) is 0 Å². The molecule has 0 aliphatic rings. The number of rotatable bonds is 3. The Morgan fingerprint density at radius 3 is 2.40 bits per heavy atom. The highest BCUT2D eigenvalue weighted by Crippen LogP contribution is 2.36. The van der Waals surface area contributed by atoms with E-state index in [1.54, 1.807) is 0 Å². The molecule has 5 nitrogen and oxygen atoms in total. The highest BCUT2D eigenvalue weighted by molar-refractivity contribution is 6.33. The lowest BCUT2D eigenvalue weighted by molar-refractivity contribution is -0.138. The average molecular weight is 378 g/mol. The Balaban J connectivity index is 2.26. The number of fused-ring (bicyclic) bond motifs is 1. The molecule has 0 aliphatic carbocycles. The van der Waals surface area contributed by atoms with Gasteiger partial charge in [0.05, 0.1) is 5.56 Å². The Kier molecular flexibility index (Phi) is 4.23. The Labute approximate surface area is 142 Å². The van der Waals surface area contributed by atoms with Gasteiger partial charge >= 0.3 is 6.18 Å². The Bertz CT molecular complexity index is 919. The van der Waals surface area contributed by atoms with E-state index in [9.17, 15) is 22.0 Å². The molecule has 0 bridgehead atoms. The lowest BCUT2D eigenvalue weighted by Gasteiger charge is -2.21. The van der Waals surface area contributed by atoms with Gasteiger partial charge in [-0.25, -0.2) is 8.78 Å². The maximum absolute atomic E-state index is 13.5. The largest absolute Gasteiger partial charge is 0.408 e. The van der Waals surface area contributed by atoms with Crippen molar-refractivity contribution >= 4 is 23.2 Å². The van der Waals surface area contributed by atoms with E-state index in [1.807, 2.05) is 0 Å². The van der Waals surface area contributed by atoms with Crippen molar-refractivity contribution in [2.24, 2.45) is 0 Å². The van der Waals surface area contributed by atoms with Crippen LogP contribution in [0.1, 0.15) is 6.92 Å². The first-order valence-electron chi connectivity index (χ1n) is 6.86. The SMILES string of the molecule is C[C@H](Nc1c(-c2cc(F)cc(F)c2)c(Cl)nc2ncnn12)C(F)(F)F. The maximum Gasteiger partial charge on any atom is 0.408 e. The molecule has 0 fully saturated rings. The number of hydrogen-bond donors (Lipinski definition) is 1. The number of halogens is 6. The smallest absolute Gasteiger partial charge is 0.358 e. The average Bonchev–Trinajstić information content (AvgIpc) is 2.93. The Morgan fingerprint density at radius 1 is 1.16 bits per heavy atom. The number of alkyl halides is 3. The molecule has 1 atom stereocenters. The molecule has 0 saturated carbocycles. The summed E-state index contributed by atoms with van der Waals surface area (Å²) in [6, 6.07) is 0.496. The molecular weight excluding hydrogens is 369 g/mol. The zero-order valence-corrected chi connectivity index (χ0v) is 13.2. The molecule has 0 unspecified atom stereocenters. The van der Waals surface area contributed by atoms with Crippen LogP contribution in [-0.4, -0.2) is 31.8 Å². The zero-order chi connectivity index (χ0) is 18.4. The molecule has 3 rings (SSSR count). The first-order chi connectivity index (χ1) is 11.7. The highest BCUT2D eigenvalue weighted by atomic mass is 35.5. The molecule has 3 aromatic rings. The van der Waals surface area contributed by atoms with Crippen LogP contribution in [0, 0.1) is 11.6 Å². The second-order valence-electron chi connectivity index (χ2n) is 5.16. The summed E-state index contributed by atoms with van der Waals surface area (Å²) in [5, 5.41) is 5.74. The van der Waals surface area contributed by atoms with Gasteiger partial charge < -0.3 is 5.32 Å². The van der Waals surface area contributed by atoms with Crippen molar-refractivity contribution < 1.29 is 22.0 Å². The summed E-state index contributed by atoms with van der Waals surface area (Å²) in [6.07, 6.45) is -3.51. The third-order valence-corrected chi connectivity index (χ3v) is 3.65. The van der Waals surface area contributed by atoms with Crippen LogP contribution in [-0.2, 0) is 0 Å². The summed E-state index contributed by atoms with van der Waals surface area (Å²) < 4.78 is 66.9. The second-order valence-corrected chi connectivity index (χ2v) is 5.52. The molecule has 1 aromatic carbocycles. The molecule has 2 aromatic heterocycles. The predicted molar refractivity (Wildman–Crippen MR) is 80.3 cm³/mol. The standard InChI is InChI=1S/C14H9ClF5N5/c1-6(14(18,19)20)23-12-10(7-2-8(16)4-9(17)3-7)11(15)24-13-21-5-22-25(12)13/h2-6,23H,1H3/t6-/m0/s1. The van der Waals surface area contributed by atoms with E-state index in [2.05, 4.69) is 20.4 Å². The van der Waals surface area contributed by atoms with E-state index >= 15 is 0 Å². The number of benzene rings is 1. The van der Waals surface area contributed by atoms with Crippen LogP contribution >= 0.6 is 11.6 Å². The van der Waals surface area contributed by atoms with Crippen molar-refractivity contribution in [3.8, 4) is 11.1 Å². The minimum atomic E-state index is -4.58. The van der Waals surface area contributed by atoms with Gasteiger partial charge in [-0.05, 0) is 24.6 Å². The number of anilines is 1. The maximum atomic E-state index is 13.5. The van der Waals surface area contributed by atoms with Crippen molar-refractivity contribution in [3.63, 3.8) is 0 Å². The lowest BCUT2D eigenvalue weighted by Crippen LogP contribution is -2.34. The van der Waals surface area contributed by atoms with E-state index in [4.69, 9.17) is 11.6 Å². The van der Waals surface area contributed by atoms with Gasteiger partial charge in [0.1, 0.15) is 35.0 Å². The first kappa shape index (κ1) is 17.3. The van der Waals surface area contributed by atoms with E-state index in [0.29, 0.717) is 6.07 Å². The Hall–Kier alpha value is -2.49. The summed E-state index contributed by atoms with van der Waals surface area (Å²) in [7, 11) is 0. The molecular formula is C14H9ClF5N5. The summed E-state index contributed by atoms with van der Waals surface area (Å²) in [5.74, 6) is -2.14. The molecule has 2 heterocycles.